The number of hydrogen-bond donors (Lipinski definition) is 2. The van der Waals surface area contributed by atoms with Gasteiger partial charge < -0.3 is 10.6 Å². The van der Waals surface area contributed by atoms with Gasteiger partial charge in [0.05, 0.1) is 11.4 Å². The standard InChI is InChI=1S/C22H26N4O/c1-15(2)18-10-12-19(13-11-18)24-22(27)23-14-21-16(3)25-26(17(21)4)20-8-6-5-7-9-20/h5-13,15H,14H2,1-4H3,(H2,23,24,27). The van der Waals surface area contributed by atoms with Crippen molar-refractivity contribution in [1.82, 2.24) is 15.1 Å². The third kappa shape index (κ3) is 4.37. The number of nitrogens with one attached hydrogen (secondary N) is 2. The fourth-order valence-corrected chi connectivity index (χ4v) is 3.05. The van der Waals surface area contributed by atoms with Crippen molar-refractivity contribution in [3.05, 3.63) is 77.1 Å². The van der Waals surface area contributed by atoms with Gasteiger partial charge in [-0.2, -0.15) is 5.10 Å². The van der Waals surface area contributed by atoms with E-state index in [0.29, 0.717) is 12.5 Å². The van der Waals surface area contributed by atoms with Gasteiger partial charge in [-0.3, -0.25) is 0 Å². The lowest BCUT2D eigenvalue weighted by molar-refractivity contribution is 0.251. The van der Waals surface area contributed by atoms with E-state index in [9.17, 15) is 4.79 Å². The zero-order chi connectivity index (χ0) is 19.4. The van der Waals surface area contributed by atoms with E-state index in [1.807, 2.05) is 73.1 Å². The molecule has 0 bridgehead atoms. The first-order chi connectivity index (χ1) is 13.0. The molecule has 1 aromatic heterocycles. The van der Waals surface area contributed by atoms with E-state index in [0.717, 1.165) is 28.3 Å². The Balaban J connectivity index is 1.64. The highest BCUT2D eigenvalue weighted by molar-refractivity contribution is 5.89. The number of hydrogen-bond acceptors (Lipinski definition) is 2. The van der Waals surface area contributed by atoms with Crippen LogP contribution in [0.15, 0.2) is 54.6 Å². The van der Waals surface area contributed by atoms with Gasteiger partial charge in [0.1, 0.15) is 0 Å². The Morgan fingerprint density at radius 2 is 1.70 bits per heavy atom. The highest BCUT2D eigenvalue weighted by Gasteiger charge is 2.13. The summed E-state index contributed by atoms with van der Waals surface area (Å²) in [6, 6.07) is 17.7. The predicted octanol–water partition coefficient (Wildman–Crippen LogP) is 4.93. The molecule has 0 unspecified atom stereocenters. The number of aromatic nitrogens is 2. The van der Waals surface area contributed by atoms with Crippen LogP contribution in [0.25, 0.3) is 5.69 Å². The highest BCUT2D eigenvalue weighted by Crippen LogP contribution is 2.19. The molecular formula is C22H26N4O. The third-order valence-electron chi connectivity index (χ3n) is 4.70. The number of para-hydroxylation sites is 1. The molecule has 0 fully saturated rings. The van der Waals surface area contributed by atoms with Crippen molar-refractivity contribution in [1.29, 1.82) is 0 Å². The molecule has 2 aromatic carbocycles. The van der Waals surface area contributed by atoms with Crippen molar-refractivity contribution in [2.75, 3.05) is 5.32 Å². The largest absolute Gasteiger partial charge is 0.334 e. The van der Waals surface area contributed by atoms with E-state index < -0.39 is 0 Å². The number of carbonyl (C=O) groups excluding carboxylic acids is 1. The Morgan fingerprint density at radius 3 is 2.33 bits per heavy atom. The molecule has 140 valence electrons. The molecule has 0 aliphatic rings. The van der Waals surface area contributed by atoms with Crippen molar-refractivity contribution in [3.63, 3.8) is 0 Å². The maximum absolute atomic E-state index is 12.3. The summed E-state index contributed by atoms with van der Waals surface area (Å²) in [7, 11) is 0. The van der Waals surface area contributed by atoms with Crippen LogP contribution in [-0.2, 0) is 6.54 Å². The molecular weight excluding hydrogens is 336 g/mol. The normalized spacial score (nSPS) is 10.9. The summed E-state index contributed by atoms with van der Waals surface area (Å²) < 4.78 is 1.91. The minimum absolute atomic E-state index is 0.224. The molecule has 2 N–H and O–H groups in total. The van der Waals surface area contributed by atoms with Gasteiger partial charge in [0.2, 0.25) is 0 Å². The molecule has 3 rings (SSSR count). The predicted molar refractivity (Wildman–Crippen MR) is 109 cm³/mol. The number of amides is 2. The summed E-state index contributed by atoms with van der Waals surface area (Å²) >= 11 is 0. The lowest BCUT2D eigenvalue weighted by Crippen LogP contribution is -2.28. The first-order valence-electron chi connectivity index (χ1n) is 9.21. The van der Waals surface area contributed by atoms with Crippen molar-refractivity contribution in [2.45, 2.75) is 40.2 Å². The molecule has 5 heteroatoms. The van der Waals surface area contributed by atoms with Crippen LogP contribution in [0.1, 0.15) is 42.3 Å². The number of rotatable bonds is 5. The summed E-state index contributed by atoms with van der Waals surface area (Å²) in [6.45, 7) is 8.71. The maximum Gasteiger partial charge on any atom is 0.319 e. The molecule has 0 aliphatic carbocycles. The van der Waals surface area contributed by atoms with Crippen molar-refractivity contribution < 1.29 is 4.79 Å². The summed E-state index contributed by atoms with van der Waals surface area (Å²) in [5.74, 6) is 0.472. The van der Waals surface area contributed by atoms with Crippen LogP contribution in [0.5, 0.6) is 0 Å². The van der Waals surface area contributed by atoms with Crippen LogP contribution in [0.2, 0.25) is 0 Å². The molecule has 5 nitrogen and oxygen atoms in total. The van der Waals surface area contributed by atoms with Crippen LogP contribution < -0.4 is 10.6 Å². The van der Waals surface area contributed by atoms with Gasteiger partial charge in [-0.15, -0.1) is 0 Å². The summed E-state index contributed by atoms with van der Waals surface area (Å²) in [5.41, 5.74) is 6.02. The molecule has 0 saturated carbocycles. The smallest absolute Gasteiger partial charge is 0.319 e. The quantitative estimate of drug-likeness (QED) is 0.676. The number of urea groups is 1. The first-order valence-corrected chi connectivity index (χ1v) is 9.21. The molecule has 0 spiro atoms. The molecule has 27 heavy (non-hydrogen) atoms. The fraction of sp³-hybridized carbons (Fsp3) is 0.273. The minimum atomic E-state index is -0.224. The fourth-order valence-electron chi connectivity index (χ4n) is 3.05. The Bertz CT molecular complexity index is 911. The van der Waals surface area contributed by atoms with Gasteiger partial charge in [-0.1, -0.05) is 44.2 Å². The van der Waals surface area contributed by atoms with Gasteiger partial charge in [-0.25, -0.2) is 9.48 Å². The average Bonchev–Trinajstić information content (AvgIpc) is 2.95. The van der Waals surface area contributed by atoms with E-state index in [1.165, 1.54) is 5.56 Å². The molecule has 0 atom stereocenters. The van der Waals surface area contributed by atoms with Crippen LogP contribution >= 0.6 is 0 Å². The Labute approximate surface area is 160 Å². The lowest BCUT2D eigenvalue weighted by Gasteiger charge is -2.10. The van der Waals surface area contributed by atoms with Gasteiger partial charge in [0, 0.05) is 23.5 Å². The summed E-state index contributed by atoms with van der Waals surface area (Å²) in [5, 5.41) is 10.4. The van der Waals surface area contributed by atoms with Crippen molar-refractivity contribution >= 4 is 11.7 Å². The average molecular weight is 362 g/mol. The number of aryl methyl sites for hydroxylation is 1. The van der Waals surface area contributed by atoms with E-state index in [1.54, 1.807) is 0 Å². The van der Waals surface area contributed by atoms with Gasteiger partial charge in [-0.05, 0) is 49.6 Å². The zero-order valence-corrected chi connectivity index (χ0v) is 16.3. The summed E-state index contributed by atoms with van der Waals surface area (Å²) in [6.07, 6.45) is 0. The second-order valence-electron chi connectivity index (χ2n) is 6.98. The second kappa shape index (κ2) is 8.08. The van der Waals surface area contributed by atoms with Gasteiger partial charge >= 0.3 is 6.03 Å². The van der Waals surface area contributed by atoms with E-state index in [4.69, 9.17) is 0 Å². The minimum Gasteiger partial charge on any atom is -0.334 e. The summed E-state index contributed by atoms with van der Waals surface area (Å²) in [4.78, 5) is 12.3. The maximum atomic E-state index is 12.3. The number of carbonyl (C=O) groups is 1. The molecule has 2 amide bonds. The van der Waals surface area contributed by atoms with Crippen LogP contribution in [-0.4, -0.2) is 15.8 Å². The molecule has 1 heterocycles. The Morgan fingerprint density at radius 1 is 1.04 bits per heavy atom. The molecule has 0 saturated heterocycles. The molecule has 3 aromatic rings. The number of anilines is 1. The van der Waals surface area contributed by atoms with E-state index >= 15 is 0 Å². The van der Waals surface area contributed by atoms with E-state index in [-0.39, 0.29) is 6.03 Å². The van der Waals surface area contributed by atoms with Gasteiger partial charge in [0.15, 0.2) is 0 Å². The lowest BCUT2D eigenvalue weighted by atomic mass is 10.0. The first kappa shape index (κ1) is 18.7. The van der Waals surface area contributed by atoms with Crippen LogP contribution in [0.3, 0.4) is 0 Å². The van der Waals surface area contributed by atoms with Gasteiger partial charge in [0.25, 0.3) is 0 Å². The van der Waals surface area contributed by atoms with Crippen LogP contribution in [0.4, 0.5) is 10.5 Å². The molecule has 0 radical (unpaired) electrons. The van der Waals surface area contributed by atoms with Crippen LogP contribution in [0, 0.1) is 13.8 Å². The van der Waals surface area contributed by atoms with Crippen molar-refractivity contribution in [3.8, 4) is 5.69 Å². The van der Waals surface area contributed by atoms with Crippen molar-refractivity contribution in [2.24, 2.45) is 0 Å². The van der Waals surface area contributed by atoms with E-state index in [2.05, 4.69) is 29.6 Å². The highest BCUT2D eigenvalue weighted by atomic mass is 16.2. The number of nitrogens with zero attached hydrogens (tertiary/aromatic N) is 2. The monoisotopic (exact) mass is 362 g/mol. The third-order valence-corrected chi connectivity index (χ3v) is 4.70. The SMILES string of the molecule is Cc1nn(-c2ccccc2)c(C)c1CNC(=O)Nc1ccc(C(C)C)cc1. The topological polar surface area (TPSA) is 59.0 Å². The Hall–Kier alpha value is -3.08. The zero-order valence-electron chi connectivity index (χ0n) is 16.3. The molecule has 0 aliphatic heterocycles. The Kier molecular flexibility index (Phi) is 5.60. The number of benzene rings is 2. The second-order valence-corrected chi connectivity index (χ2v) is 6.98.